The van der Waals surface area contributed by atoms with Gasteiger partial charge in [-0.05, 0) is 55.3 Å². The van der Waals surface area contributed by atoms with Gasteiger partial charge >= 0.3 is 5.97 Å². The molecule has 0 aliphatic carbocycles. The van der Waals surface area contributed by atoms with E-state index in [4.69, 9.17) is 14.2 Å². The van der Waals surface area contributed by atoms with Crippen molar-refractivity contribution < 1.29 is 33.7 Å². The van der Waals surface area contributed by atoms with E-state index < -0.39 is 29.5 Å². The predicted molar refractivity (Wildman–Crippen MR) is 143 cm³/mol. The molecular formula is C30H29NO7. The van der Waals surface area contributed by atoms with Gasteiger partial charge in [0.05, 0.1) is 38.0 Å². The van der Waals surface area contributed by atoms with E-state index in [-0.39, 0.29) is 22.6 Å². The fraction of sp³-hybridized carbons (Fsp3) is 0.233. The Morgan fingerprint density at radius 2 is 1.58 bits per heavy atom. The fourth-order valence-electron chi connectivity index (χ4n) is 4.51. The van der Waals surface area contributed by atoms with Crippen molar-refractivity contribution in [1.82, 2.24) is 0 Å². The van der Waals surface area contributed by atoms with Gasteiger partial charge in [0.15, 0.2) is 0 Å². The SMILES string of the molecule is CCCOC(=O)c1ccc(N2C(=O)C(=O)/C(=C(/O)c3c(OC)cccc3OC)C2c2cccc(C)c2)cc1. The molecule has 8 nitrogen and oxygen atoms in total. The number of ketones is 1. The highest BCUT2D eigenvalue weighted by Crippen LogP contribution is 2.45. The number of carbonyl (C=O) groups excluding carboxylic acids is 3. The van der Waals surface area contributed by atoms with E-state index in [0.29, 0.717) is 29.8 Å². The van der Waals surface area contributed by atoms with Crippen LogP contribution >= 0.6 is 0 Å². The molecule has 3 aromatic rings. The Morgan fingerprint density at radius 1 is 0.947 bits per heavy atom. The summed E-state index contributed by atoms with van der Waals surface area (Å²) in [4.78, 5) is 40.6. The minimum atomic E-state index is -0.942. The Kier molecular flexibility index (Phi) is 7.81. The zero-order chi connectivity index (χ0) is 27.4. The number of hydrogen-bond acceptors (Lipinski definition) is 7. The number of hydrogen-bond donors (Lipinski definition) is 1. The Hall–Kier alpha value is -4.59. The zero-order valence-electron chi connectivity index (χ0n) is 21.7. The first-order chi connectivity index (χ1) is 18.3. The fourth-order valence-corrected chi connectivity index (χ4v) is 4.51. The highest BCUT2D eigenvalue weighted by molar-refractivity contribution is 6.51. The van der Waals surface area contributed by atoms with E-state index in [0.717, 1.165) is 5.56 Å². The summed E-state index contributed by atoms with van der Waals surface area (Å²) in [5.41, 5.74) is 2.32. The van der Waals surface area contributed by atoms with E-state index in [1.165, 1.54) is 19.1 Å². The van der Waals surface area contributed by atoms with Gasteiger partial charge in [0.1, 0.15) is 22.8 Å². The molecule has 0 saturated carbocycles. The second-order valence-corrected chi connectivity index (χ2v) is 8.80. The molecule has 3 aromatic carbocycles. The lowest BCUT2D eigenvalue weighted by atomic mass is 9.93. The third kappa shape index (κ3) is 4.85. The molecule has 0 spiro atoms. The van der Waals surface area contributed by atoms with Crippen molar-refractivity contribution in [2.75, 3.05) is 25.7 Å². The van der Waals surface area contributed by atoms with Gasteiger partial charge in [-0.2, -0.15) is 0 Å². The number of ether oxygens (including phenoxy) is 3. The first kappa shape index (κ1) is 26.5. The maximum Gasteiger partial charge on any atom is 0.338 e. The van der Waals surface area contributed by atoms with Crippen LogP contribution in [0.1, 0.15) is 46.4 Å². The molecule has 196 valence electrons. The first-order valence-electron chi connectivity index (χ1n) is 12.2. The molecule has 8 heteroatoms. The quantitative estimate of drug-likeness (QED) is 0.190. The third-order valence-corrected chi connectivity index (χ3v) is 6.29. The van der Waals surface area contributed by atoms with Crippen LogP contribution in [0.4, 0.5) is 5.69 Å². The van der Waals surface area contributed by atoms with Crippen LogP contribution in [0.3, 0.4) is 0 Å². The van der Waals surface area contributed by atoms with Crippen molar-refractivity contribution in [2.45, 2.75) is 26.3 Å². The lowest BCUT2D eigenvalue weighted by Gasteiger charge is -2.26. The van der Waals surface area contributed by atoms with Crippen molar-refractivity contribution >= 4 is 29.1 Å². The van der Waals surface area contributed by atoms with Crippen molar-refractivity contribution in [3.63, 3.8) is 0 Å². The number of nitrogens with zero attached hydrogens (tertiary/aromatic N) is 1. The minimum absolute atomic E-state index is 0.102. The molecular weight excluding hydrogens is 486 g/mol. The lowest BCUT2D eigenvalue weighted by Crippen LogP contribution is -2.29. The summed E-state index contributed by atoms with van der Waals surface area (Å²) in [6.45, 7) is 4.10. The van der Waals surface area contributed by atoms with Crippen LogP contribution in [-0.4, -0.2) is 43.6 Å². The molecule has 1 unspecified atom stereocenters. The molecule has 1 heterocycles. The molecule has 0 radical (unpaired) electrons. The maximum atomic E-state index is 13.5. The van der Waals surface area contributed by atoms with E-state index in [2.05, 4.69) is 0 Å². The Morgan fingerprint density at radius 3 is 2.16 bits per heavy atom. The molecule has 1 fully saturated rings. The average Bonchev–Trinajstić information content (AvgIpc) is 3.20. The smallest absolute Gasteiger partial charge is 0.338 e. The summed E-state index contributed by atoms with van der Waals surface area (Å²) < 4.78 is 16.1. The molecule has 1 atom stereocenters. The second kappa shape index (κ2) is 11.2. The molecule has 0 bridgehead atoms. The van der Waals surface area contributed by atoms with Crippen LogP contribution in [0.2, 0.25) is 0 Å². The number of rotatable bonds is 8. The number of esters is 1. The normalized spacial score (nSPS) is 16.4. The molecule has 1 amide bonds. The van der Waals surface area contributed by atoms with Gasteiger partial charge in [-0.1, -0.05) is 42.8 Å². The number of carbonyl (C=O) groups is 3. The van der Waals surface area contributed by atoms with Gasteiger partial charge in [0.25, 0.3) is 11.7 Å². The van der Waals surface area contributed by atoms with Crippen molar-refractivity contribution in [3.8, 4) is 11.5 Å². The number of aryl methyl sites for hydroxylation is 1. The van der Waals surface area contributed by atoms with Gasteiger partial charge in [0, 0.05) is 5.69 Å². The highest BCUT2D eigenvalue weighted by atomic mass is 16.5. The van der Waals surface area contributed by atoms with Crippen LogP contribution in [0, 0.1) is 6.92 Å². The number of amides is 1. The number of methoxy groups -OCH3 is 2. The summed E-state index contributed by atoms with van der Waals surface area (Å²) >= 11 is 0. The van der Waals surface area contributed by atoms with E-state index in [1.54, 1.807) is 48.5 Å². The van der Waals surface area contributed by atoms with Crippen LogP contribution in [0.25, 0.3) is 5.76 Å². The predicted octanol–water partition coefficient (Wildman–Crippen LogP) is 5.21. The Bertz CT molecular complexity index is 1390. The lowest BCUT2D eigenvalue weighted by molar-refractivity contribution is -0.132. The molecule has 1 aliphatic heterocycles. The molecule has 4 rings (SSSR count). The van der Waals surface area contributed by atoms with Crippen molar-refractivity contribution in [2.24, 2.45) is 0 Å². The number of Topliss-reactive ketones (excluding diaryl/α,β-unsaturated/α-hetero) is 1. The number of benzene rings is 3. The van der Waals surface area contributed by atoms with Crippen LogP contribution in [0.15, 0.2) is 72.3 Å². The number of anilines is 1. The zero-order valence-corrected chi connectivity index (χ0v) is 21.7. The molecule has 1 N–H and O–H groups in total. The van der Waals surface area contributed by atoms with E-state index >= 15 is 0 Å². The van der Waals surface area contributed by atoms with Gasteiger partial charge < -0.3 is 19.3 Å². The maximum absolute atomic E-state index is 13.5. The van der Waals surface area contributed by atoms with Gasteiger partial charge in [-0.25, -0.2) is 4.79 Å². The molecule has 38 heavy (non-hydrogen) atoms. The Labute approximate surface area is 221 Å². The number of aliphatic hydroxyl groups is 1. The first-order valence-corrected chi connectivity index (χ1v) is 12.2. The van der Waals surface area contributed by atoms with Crippen LogP contribution in [-0.2, 0) is 14.3 Å². The average molecular weight is 516 g/mol. The van der Waals surface area contributed by atoms with Crippen LogP contribution in [0.5, 0.6) is 11.5 Å². The van der Waals surface area contributed by atoms with Crippen molar-refractivity contribution in [1.29, 1.82) is 0 Å². The summed E-state index contributed by atoms with van der Waals surface area (Å²) in [7, 11) is 2.88. The second-order valence-electron chi connectivity index (χ2n) is 8.80. The van der Waals surface area contributed by atoms with E-state index in [1.807, 2.05) is 32.0 Å². The Balaban J connectivity index is 1.90. The highest BCUT2D eigenvalue weighted by Gasteiger charge is 2.47. The minimum Gasteiger partial charge on any atom is -0.506 e. The van der Waals surface area contributed by atoms with Gasteiger partial charge in [0.2, 0.25) is 0 Å². The summed E-state index contributed by atoms with van der Waals surface area (Å²) in [6.07, 6.45) is 0.696. The van der Waals surface area contributed by atoms with E-state index in [9.17, 15) is 19.5 Å². The van der Waals surface area contributed by atoms with Gasteiger partial charge in [-0.3, -0.25) is 14.5 Å². The molecule has 0 aromatic heterocycles. The van der Waals surface area contributed by atoms with Crippen LogP contribution < -0.4 is 14.4 Å². The standard InChI is InChI=1S/C30H29NO7/c1-5-16-38-30(35)19-12-14-21(15-13-19)31-26(20-9-6-8-18(2)17-20)25(28(33)29(31)34)27(32)24-22(36-3)10-7-11-23(24)37-4/h6-15,17,26,32H,5,16H2,1-4H3/b27-25+. The molecule has 1 saturated heterocycles. The summed E-state index contributed by atoms with van der Waals surface area (Å²) in [5, 5.41) is 11.6. The summed E-state index contributed by atoms with van der Waals surface area (Å²) in [5.74, 6) is -1.98. The monoisotopic (exact) mass is 515 g/mol. The summed E-state index contributed by atoms with van der Waals surface area (Å²) in [6, 6.07) is 17.6. The third-order valence-electron chi connectivity index (χ3n) is 6.29. The van der Waals surface area contributed by atoms with Gasteiger partial charge in [-0.15, -0.1) is 0 Å². The molecule has 1 aliphatic rings. The topological polar surface area (TPSA) is 102 Å². The number of aliphatic hydroxyl groups excluding tert-OH is 1. The largest absolute Gasteiger partial charge is 0.506 e. The van der Waals surface area contributed by atoms with Crippen molar-refractivity contribution in [3.05, 3.63) is 94.6 Å².